The molecule has 0 fully saturated rings. The van der Waals surface area contributed by atoms with Gasteiger partial charge in [0.05, 0.1) is 12.4 Å². The van der Waals surface area contributed by atoms with Gasteiger partial charge in [-0.2, -0.15) is 0 Å². The van der Waals surface area contributed by atoms with E-state index in [0.29, 0.717) is 16.8 Å². The fraction of sp³-hybridized carbons (Fsp3) is 0.290. The van der Waals surface area contributed by atoms with Crippen LogP contribution in [0.2, 0.25) is 0 Å². The van der Waals surface area contributed by atoms with Crippen LogP contribution in [0.5, 0.6) is 5.75 Å². The summed E-state index contributed by atoms with van der Waals surface area (Å²) in [6, 6.07) is 8.53. The zero-order valence-corrected chi connectivity index (χ0v) is 24.7. The van der Waals surface area contributed by atoms with Crippen molar-refractivity contribution in [2.75, 3.05) is 0 Å². The molecule has 4 amide bonds. The van der Waals surface area contributed by atoms with Gasteiger partial charge in [0.15, 0.2) is 0 Å². The van der Waals surface area contributed by atoms with E-state index in [2.05, 4.69) is 30.9 Å². The number of para-hydroxylation sites is 1. The molecule has 0 aliphatic rings. The quantitative estimate of drug-likeness (QED) is 0.0788. The molecule has 15 nitrogen and oxygen atoms in total. The van der Waals surface area contributed by atoms with Gasteiger partial charge < -0.3 is 47.6 Å². The highest BCUT2D eigenvalue weighted by Crippen LogP contribution is 2.20. The van der Waals surface area contributed by atoms with Gasteiger partial charge in [-0.05, 0) is 42.2 Å². The fourth-order valence-corrected chi connectivity index (χ4v) is 4.90. The van der Waals surface area contributed by atoms with Crippen LogP contribution in [0.1, 0.15) is 29.7 Å². The monoisotopic (exact) mass is 632 g/mol. The number of carbonyl (C=O) groups is 5. The van der Waals surface area contributed by atoms with Crippen molar-refractivity contribution in [3.63, 3.8) is 0 Å². The van der Waals surface area contributed by atoms with Crippen LogP contribution in [0.3, 0.4) is 0 Å². The van der Waals surface area contributed by atoms with Crippen molar-refractivity contribution in [3.8, 4) is 5.75 Å². The van der Waals surface area contributed by atoms with Gasteiger partial charge in [-0.1, -0.05) is 30.3 Å². The second-order valence-electron chi connectivity index (χ2n) is 10.8. The molecule has 0 spiro atoms. The third-order valence-electron chi connectivity index (χ3n) is 7.37. The number of phenols is 1. The summed E-state index contributed by atoms with van der Waals surface area (Å²) in [6.45, 7) is 0. The first kappa shape index (κ1) is 33.2. The lowest BCUT2D eigenvalue weighted by Crippen LogP contribution is -2.58. The van der Waals surface area contributed by atoms with Crippen LogP contribution in [0.15, 0.2) is 67.3 Å². The van der Waals surface area contributed by atoms with Crippen molar-refractivity contribution in [1.82, 2.24) is 30.9 Å². The summed E-state index contributed by atoms with van der Waals surface area (Å²) >= 11 is 0. The normalized spacial score (nSPS) is 13.7. The maximum absolute atomic E-state index is 13.8. The molecule has 0 radical (unpaired) electrons. The number of carbonyl (C=O) groups excluding carboxylic acids is 4. The molecule has 4 unspecified atom stereocenters. The molecule has 4 aromatic rings. The van der Waals surface area contributed by atoms with Gasteiger partial charge in [0, 0.05) is 48.3 Å². The lowest BCUT2D eigenvalue weighted by molar-refractivity contribution is -0.142. The molecule has 2 aromatic carbocycles. The number of amides is 4. The lowest BCUT2D eigenvalue weighted by Gasteiger charge is -2.25. The van der Waals surface area contributed by atoms with Crippen molar-refractivity contribution >= 4 is 40.5 Å². The fourth-order valence-electron chi connectivity index (χ4n) is 4.90. The molecule has 4 rings (SSSR count). The number of imidazole rings is 1. The van der Waals surface area contributed by atoms with Gasteiger partial charge in [-0.25, -0.2) is 9.78 Å². The summed E-state index contributed by atoms with van der Waals surface area (Å²) in [5, 5.41) is 27.7. The molecule has 11 N–H and O–H groups in total. The lowest BCUT2D eigenvalue weighted by atomic mass is 10.0. The predicted molar refractivity (Wildman–Crippen MR) is 166 cm³/mol. The third-order valence-corrected chi connectivity index (χ3v) is 7.37. The van der Waals surface area contributed by atoms with E-state index >= 15 is 0 Å². The first-order valence-corrected chi connectivity index (χ1v) is 14.5. The number of aliphatic carboxylic acids is 1. The number of aromatic nitrogens is 3. The van der Waals surface area contributed by atoms with Crippen molar-refractivity contribution in [3.05, 3.63) is 84.1 Å². The number of aromatic hydroxyl groups is 1. The first-order chi connectivity index (χ1) is 22.0. The number of nitrogens with one attached hydrogen (secondary N) is 5. The largest absolute Gasteiger partial charge is 0.508 e. The molecule has 15 heteroatoms. The van der Waals surface area contributed by atoms with Gasteiger partial charge in [0.1, 0.15) is 23.9 Å². The highest BCUT2D eigenvalue weighted by Gasteiger charge is 2.31. The number of phenolic OH excluding ortho intramolecular Hbond substituents is 1. The molecular formula is C31H36N8O7. The topological polar surface area (TPSA) is 258 Å². The van der Waals surface area contributed by atoms with Crippen molar-refractivity contribution in [2.24, 2.45) is 11.5 Å². The van der Waals surface area contributed by atoms with Crippen LogP contribution in [-0.2, 0) is 43.2 Å². The highest BCUT2D eigenvalue weighted by molar-refractivity contribution is 5.95. The number of benzene rings is 2. The number of carboxylic acid groups (broad SMARTS) is 1. The highest BCUT2D eigenvalue weighted by atomic mass is 16.4. The minimum Gasteiger partial charge on any atom is -0.508 e. The summed E-state index contributed by atoms with van der Waals surface area (Å²) in [5.74, 6) is -4.26. The van der Waals surface area contributed by atoms with Gasteiger partial charge in [0.25, 0.3) is 0 Å². The number of hydrogen-bond acceptors (Lipinski definition) is 8. The summed E-state index contributed by atoms with van der Waals surface area (Å²) in [7, 11) is 0. The summed E-state index contributed by atoms with van der Waals surface area (Å²) in [4.78, 5) is 73.6. The number of hydrogen-bond donors (Lipinski definition) is 9. The maximum atomic E-state index is 13.8. The van der Waals surface area contributed by atoms with Gasteiger partial charge in [-0.3, -0.25) is 19.2 Å². The average molecular weight is 633 g/mol. The molecule has 0 saturated carbocycles. The van der Waals surface area contributed by atoms with E-state index in [0.717, 1.165) is 10.9 Å². The van der Waals surface area contributed by atoms with E-state index in [1.807, 2.05) is 24.3 Å². The maximum Gasteiger partial charge on any atom is 0.326 e. The van der Waals surface area contributed by atoms with Crippen molar-refractivity contribution < 1.29 is 34.2 Å². The number of H-pyrrole nitrogens is 2. The van der Waals surface area contributed by atoms with E-state index < -0.39 is 53.8 Å². The molecular weight excluding hydrogens is 596 g/mol. The second kappa shape index (κ2) is 15.3. The SMILES string of the molecule is NC(=O)CCC(NC(=O)C(Cc1c[nH]c2ccccc12)NC(=O)C(N)Cc1ccc(O)cc1)C(=O)NC(Cc1cnc[nH]1)C(=O)O. The molecule has 0 aliphatic heterocycles. The summed E-state index contributed by atoms with van der Waals surface area (Å²) < 4.78 is 0. The smallest absolute Gasteiger partial charge is 0.326 e. The molecule has 46 heavy (non-hydrogen) atoms. The Morgan fingerprint density at radius 3 is 2.17 bits per heavy atom. The van der Waals surface area contributed by atoms with Crippen LogP contribution in [0.4, 0.5) is 0 Å². The second-order valence-corrected chi connectivity index (χ2v) is 10.8. The molecule has 0 aliphatic carbocycles. The molecule has 242 valence electrons. The standard InChI is InChI=1S/C31H36N8O7/c32-22(11-17-5-7-20(40)8-6-17)28(42)38-25(12-18-14-35-23-4-2-1-3-21(18)23)30(44)37-24(9-10-27(33)41)29(43)39-26(31(45)46)13-19-15-34-16-36-19/h1-8,14-16,22,24-26,35,40H,9-13,32H2,(H2,33,41)(H,34,36)(H,37,44)(H,38,42)(H,39,43)(H,45,46). The number of carboxylic acids is 1. The van der Waals surface area contributed by atoms with E-state index in [1.54, 1.807) is 18.3 Å². The third kappa shape index (κ3) is 9.15. The van der Waals surface area contributed by atoms with Crippen LogP contribution >= 0.6 is 0 Å². The van der Waals surface area contributed by atoms with E-state index in [4.69, 9.17) is 11.5 Å². The summed E-state index contributed by atoms with van der Waals surface area (Å²) in [5.41, 5.74) is 14.1. The average Bonchev–Trinajstić information content (AvgIpc) is 3.69. The Balaban J connectivity index is 1.54. The van der Waals surface area contributed by atoms with Crippen LogP contribution in [0, 0.1) is 0 Å². The van der Waals surface area contributed by atoms with Crippen LogP contribution < -0.4 is 27.4 Å². The number of rotatable bonds is 16. The Hall–Kier alpha value is -5.70. The predicted octanol–water partition coefficient (Wildman–Crippen LogP) is -0.244. The van der Waals surface area contributed by atoms with Crippen LogP contribution in [-0.4, -0.2) is 78.9 Å². The van der Waals surface area contributed by atoms with Gasteiger partial charge in [0.2, 0.25) is 23.6 Å². The van der Waals surface area contributed by atoms with E-state index in [1.165, 1.54) is 24.7 Å². The Labute approximate surface area is 263 Å². The molecule has 4 atom stereocenters. The van der Waals surface area contributed by atoms with Gasteiger partial charge in [-0.15, -0.1) is 0 Å². The molecule has 2 aromatic heterocycles. The minimum atomic E-state index is -1.37. The number of aromatic amines is 2. The molecule has 0 bridgehead atoms. The number of primary amides is 1. The summed E-state index contributed by atoms with van der Waals surface area (Å²) in [6.07, 6.45) is 3.99. The zero-order chi connectivity index (χ0) is 33.2. The Bertz CT molecular complexity index is 1670. The van der Waals surface area contributed by atoms with Gasteiger partial charge >= 0.3 is 5.97 Å². The Morgan fingerprint density at radius 1 is 0.826 bits per heavy atom. The Morgan fingerprint density at radius 2 is 1.50 bits per heavy atom. The first-order valence-electron chi connectivity index (χ1n) is 14.5. The Kier molecular flexibility index (Phi) is 11.1. The van der Waals surface area contributed by atoms with Crippen molar-refractivity contribution in [1.29, 1.82) is 0 Å². The zero-order valence-electron chi connectivity index (χ0n) is 24.7. The van der Waals surface area contributed by atoms with Crippen LogP contribution in [0.25, 0.3) is 10.9 Å². The van der Waals surface area contributed by atoms with Crippen molar-refractivity contribution in [2.45, 2.75) is 56.3 Å². The van der Waals surface area contributed by atoms with E-state index in [9.17, 15) is 34.2 Å². The number of fused-ring (bicyclic) bond motifs is 1. The number of nitrogens with zero attached hydrogens (tertiary/aromatic N) is 1. The molecule has 0 saturated heterocycles. The minimum absolute atomic E-state index is 0.00918. The molecule has 2 heterocycles. The number of nitrogens with two attached hydrogens (primary N) is 2. The van der Waals surface area contributed by atoms with E-state index in [-0.39, 0.29) is 37.9 Å².